The molecule has 2 rings (SSSR count). The van der Waals surface area contributed by atoms with Crippen LogP contribution in [0.2, 0.25) is 0 Å². The number of hydrogen-bond donors (Lipinski definition) is 1. The zero-order chi connectivity index (χ0) is 12.7. The van der Waals surface area contributed by atoms with Gasteiger partial charge in [0.15, 0.2) is 0 Å². The van der Waals surface area contributed by atoms with Crippen molar-refractivity contribution in [3.05, 3.63) is 30.3 Å². The maximum atomic E-state index is 9.54. The summed E-state index contributed by atoms with van der Waals surface area (Å²) < 4.78 is 31.6. The van der Waals surface area contributed by atoms with Gasteiger partial charge in [-0.25, -0.2) is 0 Å². The molecule has 0 atom stereocenters. The molecule has 2 nitrogen and oxygen atoms in total. The SMILES string of the molecule is [2H]C1([2H])CC(O)CC([2H])([2H])N1c1ccccc1. The van der Waals surface area contributed by atoms with Crippen molar-refractivity contribution in [1.82, 2.24) is 0 Å². The van der Waals surface area contributed by atoms with Gasteiger partial charge in [-0.2, -0.15) is 0 Å². The monoisotopic (exact) mass is 181 g/mol. The molecule has 1 aromatic carbocycles. The molecule has 70 valence electrons. The van der Waals surface area contributed by atoms with E-state index in [4.69, 9.17) is 5.48 Å². The van der Waals surface area contributed by atoms with Gasteiger partial charge in [-0.3, -0.25) is 0 Å². The highest BCUT2D eigenvalue weighted by Crippen LogP contribution is 2.18. The van der Waals surface area contributed by atoms with Gasteiger partial charge in [-0.15, -0.1) is 0 Å². The van der Waals surface area contributed by atoms with Gasteiger partial charge in [0.25, 0.3) is 0 Å². The van der Waals surface area contributed by atoms with Gasteiger partial charge in [0.1, 0.15) is 0 Å². The summed E-state index contributed by atoms with van der Waals surface area (Å²) in [6.45, 7) is -3.77. The number of aliphatic hydroxyl groups is 1. The molecule has 1 aliphatic heterocycles. The van der Waals surface area contributed by atoms with Crippen LogP contribution in [-0.4, -0.2) is 24.2 Å². The van der Waals surface area contributed by atoms with Crippen molar-refractivity contribution in [3.8, 4) is 0 Å². The summed E-state index contributed by atoms with van der Waals surface area (Å²) >= 11 is 0. The quantitative estimate of drug-likeness (QED) is 0.712. The van der Waals surface area contributed by atoms with Crippen molar-refractivity contribution >= 4 is 5.69 Å². The van der Waals surface area contributed by atoms with E-state index >= 15 is 0 Å². The standard InChI is InChI=1S/C11H15NO/c13-11-6-8-12(9-7-11)10-4-2-1-3-5-10/h1-5,11,13H,6-9H2/i8D2,9D2. The molecule has 1 N–H and O–H groups in total. The van der Waals surface area contributed by atoms with E-state index in [-0.39, 0.29) is 12.8 Å². The van der Waals surface area contributed by atoms with E-state index in [1.54, 1.807) is 30.3 Å². The predicted octanol–water partition coefficient (Wildman–Crippen LogP) is 1.65. The van der Waals surface area contributed by atoms with Crippen LogP contribution < -0.4 is 4.90 Å². The summed E-state index contributed by atoms with van der Waals surface area (Å²) in [4.78, 5) is 1.12. The van der Waals surface area contributed by atoms with Crippen molar-refractivity contribution in [3.63, 3.8) is 0 Å². The third-order valence-electron chi connectivity index (χ3n) is 1.98. The van der Waals surface area contributed by atoms with Crippen molar-refractivity contribution < 1.29 is 10.6 Å². The molecule has 0 unspecified atom stereocenters. The van der Waals surface area contributed by atoms with Gasteiger partial charge < -0.3 is 10.0 Å². The first-order valence-corrected chi connectivity index (χ1v) is 4.36. The second kappa shape index (κ2) is 3.79. The van der Waals surface area contributed by atoms with Crippen LogP contribution in [0.15, 0.2) is 30.3 Å². The molecular formula is C11H15NO. The Morgan fingerprint density at radius 3 is 2.46 bits per heavy atom. The second-order valence-electron chi connectivity index (χ2n) is 3.05. The van der Waals surface area contributed by atoms with Crippen molar-refractivity contribution in [1.29, 1.82) is 0 Å². The smallest absolute Gasteiger partial charge is 0.0574 e. The summed E-state index contributed by atoms with van der Waals surface area (Å²) in [6.07, 6.45) is -1.11. The van der Waals surface area contributed by atoms with Crippen molar-refractivity contribution in [2.45, 2.75) is 18.9 Å². The average Bonchev–Trinajstić information content (AvgIpc) is 2.14. The number of aliphatic hydroxyl groups excluding tert-OH is 1. The Balaban J connectivity index is 2.42. The molecule has 1 saturated heterocycles. The van der Waals surface area contributed by atoms with Gasteiger partial charge in [-0.05, 0) is 25.0 Å². The van der Waals surface area contributed by atoms with Crippen LogP contribution >= 0.6 is 0 Å². The number of para-hydroxylation sites is 1. The minimum absolute atomic E-state index is 0.0819. The average molecular weight is 181 g/mol. The molecule has 2 heteroatoms. The Morgan fingerprint density at radius 1 is 1.23 bits per heavy atom. The summed E-state index contributed by atoms with van der Waals surface area (Å²) in [5, 5.41) is 9.54. The highest BCUT2D eigenvalue weighted by atomic mass is 16.3. The molecular weight excluding hydrogens is 162 g/mol. The van der Waals surface area contributed by atoms with Crippen LogP contribution in [0.1, 0.15) is 18.3 Å². The maximum Gasteiger partial charge on any atom is 0.0574 e. The van der Waals surface area contributed by atoms with Crippen LogP contribution in [-0.2, 0) is 0 Å². The van der Waals surface area contributed by atoms with E-state index in [1.165, 1.54) is 0 Å². The minimum atomic E-state index is -1.89. The topological polar surface area (TPSA) is 23.5 Å². The molecule has 1 heterocycles. The number of nitrogens with zero attached hydrogens (tertiary/aromatic N) is 1. The first-order valence-electron chi connectivity index (χ1n) is 6.36. The van der Waals surface area contributed by atoms with Gasteiger partial charge in [0.05, 0.1) is 6.10 Å². The third kappa shape index (κ3) is 2.01. The fraction of sp³-hybridized carbons (Fsp3) is 0.455. The number of piperidine rings is 1. The van der Waals surface area contributed by atoms with Crippen LogP contribution in [0.4, 0.5) is 5.69 Å². The Morgan fingerprint density at radius 2 is 1.85 bits per heavy atom. The lowest BCUT2D eigenvalue weighted by molar-refractivity contribution is 0.145. The second-order valence-corrected chi connectivity index (χ2v) is 3.05. The molecule has 0 saturated carbocycles. The highest BCUT2D eigenvalue weighted by Gasteiger charge is 2.16. The number of anilines is 1. The molecule has 1 fully saturated rings. The molecule has 0 amide bonds. The minimum Gasteiger partial charge on any atom is -0.393 e. The van der Waals surface area contributed by atoms with Gasteiger partial charge >= 0.3 is 0 Å². The largest absolute Gasteiger partial charge is 0.393 e. The lowest BCUT2D eigenvalue weighted by atomic mass is 10.1. The molecule has 0 aliphatic carbocycles. The Labute approximate surface area is 84.4 Å². The van der Waals surface area contributed by atoms with Gasteiger partial charge in [-0.1, -0.05) is 18.2 Å². The van der Waals surface area contributed by atoms with Crippen molar-refractivity contribution in [2.24, 2.45) is 0 Å². The maximum absolute atomic E-state index is 9.54. The zero-order valence-corrected chi connectivity index (χ0v) is 7.27. The molecule has 0 bridgehead atoms. The van der Waals surface area contributed by atoms with E-state index in [0.717, 1.165) is 4.90 Å². The van der Waals surface area contributed by atoms with E-state index in [9.17, 15) is 5.11 Å². The lowest BCUT2D eigenvalue weighted by Gasteiger charge is -2.31. The molecule has 0 aromatic heterocycles. The number of rotatable bonds is 1. The van der Waals surface area contributed by atoms with Crippen LogP contribution in [0.25, 0.3) is 0 Å². The molecule has 1 aromatic rings. The number of benzene rings is 1. The zero-order valence-electron chi connectivity index (χ0n) is 11.3. The Hall–Kier alpha value is -1.02. The lowest BCUT2D eigenvalue weighted by Crippen LogP contribution is -2.35. The third-order valence-corrected chi connectivity index (χ3v) is 1.98. The van der Waals surface area contributed by atoms with E-state index in [2.05, 4.69) is 0 Å². The fourth-order valence-electron chi connectivity index (χ4n) is 1.28. The first-order chi connectivity index (χ1) is 7.83. The summed E-state index contributed by atoms with van der Waals surface area (Å²) in [5.74, 6) is 0. The van der Waals surface area contributed by atoms with E-state index in [1.807, 2.05) is 0 Å². The van der Waals surface area contributed by atoms with Gasteiger partial charge in [0.2, 0.25) is 0 Å². The van der Waals surface area contributed by atoms with E-state index < -0.39 is 19.1 Å². The number of hydrogen-bond acceptors (Lipinski definition) is 2. The Kier molecular flexibility index (Phi) is 1.46. The highest BCUT2D eigenvalue weighted by molar-refractivity contribution is 5.46. The normalized spacial score (nSPS) is 31.3. The molecule has 0 radical (unpaired) electrons. The fourth-order valence-corrected chi connectivity index (χ4v) is 1.28. The summed E-state index contributed by atoms with van der Waals surface area (Å²) in [6, 6.07) is 8.63. The van der Waals surface area contributed by atoms with Crippen molar-refractivity contribution in [2.75, 3.05) is 17.9 Å². The summed E-state index contributed by atoms with van der Waals surface area (Å²) in [5.41, 5.74) is 0.495. The van der Waals surface area contributed by atoms with Crippen LogP contribution in [0, 0.1) is 0 Å². The molecule has 1 aliphatic rings. The van der Waals surface area contributed by atoms with Crippen LogP contribution in [0.5, 0.6) is 0 Å². The molecule has 13 heavy (non-hydrogen) atoms. The predicted molar refractivity (Wildman–Crippen MR) is 53.9 cm³/mol. The Bertz CT molecular complexity index is 378. The molecule has 0 spiro atoms. The first kappa shape index (κ1) is 5.01. The van der Waals surface area contributed by atoms with E-state index in [0.29, 0.717) is 5.69 Å². The van der Waals surface area contributed by atoms with Gasteiger partial charge in [0, 0.05) is 24.2 Å². The summed E-state index contributed by atoms with van der Waals surface area (Å²) in [7, 11) is 0. The van der Waals surface area contributed by atoms with Crippen LogP contribution in [0.3, 0.4) is 0 Å².